The van der Waals surface area contributed by atoms with Crippen molar-refractivity contribution >= 4 is 34.8 Å². The van der Waals surface area contributed by atoms with Crippen molar-refractivity contribution in [2.75, 3.05) is 6.54 Å². The molecule has 1 unspecified atom stereocenters. The molecule has 0 spiro atoms. The second-order valence-corrected chi connectivity index (χ2v) is 6.96. The molecule has 0 aliphatic rings. The Morgan fingerprint density at radius 2 is 1.91 bits per heavy atom. The molecular weight excluding hydrogens is 322 g/mol. The number of nitrogens with one attached hydrogen (secondary N) is 1. The van der Waals surface area contributed by atoms with Crippen LogP contribution in [-0.2, 0) is 21.4 Å². The van der Waals surface area contributed by atoms with E-state index in [1.807, 2.05) is 6.07 Å². The van der Waals surface area contributed by atoms with Crippen LogP contribution in [0.2, 0.25) is 4.34 Å². The van der Waals surface area contributed by atoms with E-state index in [9.17, 15) is 14.7 Å². The summed E-state index contributed by atoms with van der Waals surface area (Å²) in [5.74, 6) is -1.19. The Balaban J connectivity index is 2.03. The van der Waals surface area contributed by atoms with Crippen molar-refractivity contribution in [1.82, 2.24) is 5.32 Å². The first-order chi connectivity index (χ1) is 10.4. The summed E-state index contributed by atoms with van der Waals surface area (Å²) in [6, 6.07) is 12.4. The number of hydrogen-bond acceptors (Lipinski definition) is 3. The van der Waals surface area contributed by atoms with Crippen molar-refractivity contribution in [3.05, 3.63) is 57.2 Å². The lowest BCUT2D eigenvalue weighted by atomic mass is 9.82. The highest BCUT2D eigenvalue weighted by atomic mass is 35.5. The Kier molecular flexibility index (Phi) is 5.21. The van der Waals surface area contributed by atoms with Crippen LogP contribution in [0.1, 0.15) is 17.4 Å². The van der Waals surface area contributed by atoms with Gasteiger partial charge in [0.05, 0.1) is 10.8 Å². The molecule has 1 heterocycles. The first kappa shape index (κ1) is 16.5. The molecule has 0 saturated heterocycles. The Labute approximate surface area is 137 Å². The van der Waals surface area contributed by atoms with E-state index < -0.39 is 11.4 Å². The summed E-state index contributed by atoms with van der Waals surface area (Å²) in [7, 11) is 0. The molecule has 4 nitrogen and oxygen atoms in total. The number of carboxylic acids is 1. The van der Waals surface area contributed by atoms with Crippen LogP contribution >= 0.6 is 22.9 Å². The number of rotatable bonds is 6. The van der Waals surface area contributed by atoms with Crippen LogP contribution < -0.4 is 5.32 Å². The second kappa shape index (κ2) is 6.94. The minimum atomic E-state index is -1.16. The van der Waals surface area contributed by atoms with Crippen molar-refractivity contribution in [2.24, 2.45) is 0 Å². The first-order valence-corrected chi connectivity index (χ1v) is 7.91. The summed E-state index contributed by atoms with van der Waals surface area (Å²) in [5.41, 5.74) is -0.508. The topological polar surface area (TPSA) is 66.4 Å². The van der Waals surface area contributed by atoms with Gasteiger partial charge < -0.3 is 10.4 Å². The van der Waals surface area contributed by atoms with E-state index in [-0.39, 0.29) is 18.9 Å². The van der Waals surface area contributed by atoms with E-state index in [4.69, 9.17) is 11.6 Å². The normalized spacial score (nSPS) is 13.4. The van der Waals surface area contributed by atoms with Crippen LogP contribution in [0.3, 0.4) is 0 Å². The van der Waals surface area contributed by atoms with E-state index in [0.29, 0.717) is 9.90 Å². The average molecular weight is 338 g/mol. The number of carboxylic acid groups (broad SMARTS) is 1. The fourth-order valence-electron chi connectivity index (χ4n) is 2.05. The Bertz CT molecular complexity index is 671. The quantitative estimate of drug-likeness (QED) is 0.851. The summed E-state index contributed by atoms with van der Waals surface area (Å²) in [5, 5.41) is 12.2. The van der Waals surface area contributed by atoms with Crippen LogP contribution in [0.4, 0.5) is 0 Å². The van der Waals surface area contributed by atoms with Crippen LogP contribution in [0.15, 0.2) is 42.5 Å². The van der Waals surface area contributed by atoms with Crippen LogP contribution in [0.5, 0.6) is 0 Å². The zero-order valence-corrected chi connectivity index (χ0v) is 13.6. The monoisotopic (exact) mass is 337 g/mol. The maximum atomic E-state index is 12.0. The number of thiophene rings is 1. The highest BCUT2D eigenvalue weighted by Crippen LogP contribution is 2.24. The van der Waals surface area contributed by atoms with Crippen molar-refractivity contribution in [2.45, 2.75) is 18.8 Å². The maximum absolute atomic E-state index is 12.0. The van der Waals surface area contributed by atoms with Gasteiger partial charge in [0.1, 0.15) is 5.41 Å². The molecule has 0 fully saturated rings. The largest absolute Gasteiger partial charge is 0.481 e. The first-order valence-electron chi connectivity index (χ1n) is 6.71. The van der Waals surface area contributed by atoms with E-state index >= 15 is 0 Å². The summed E-state index contributed by atoms with van der Waals surface area (Å²) >= 11 is 7.16. The highest BCUT2D eigenvalue weighted by Gasteiger charge is 2.35. The number of halogens is 1. The number of amides is 1. The van der Waals surface area contributed by atoms with Gasteiger partial charge in [-0.15, -0.1) is 11.3 Å². The van der Waals surface area contributed by atoms with E-state index in [1.165, 1.54) is 11.3 Å². The minimum absolute atomic E-state index is 0.0320. The minimum Gasteiger partial charge on any atom is -0.481 e. The standard InChI is InChI=1S/C16H16ClNO3S/c1-16(15(20)21,11-5-3-2-4-6-11)10-18-14(19)9-12-7-8-13(17)22-12/h2-8H,9-10H2,1H3,(H,18,19)(H,20,21). The average Bonchev–Trinajstić information content (AvgIpc) is 2.90. The molecule has 2 N–H and O–H groups in total. The van der Waals surface area contributed by atoms with E-state index in [2.05, 4.69) is 5.32 Å². The van der Waals surface area contributed by atoms with Crippen molar-refractivity contribution in [3.63, 3.8) is 0 Å². The molecule has 0 radical (unpaired) electrons. The summed E-state index contributed by atoms with van der Waals surface area (Å²) in [6.45, 7) is 1.64. The number of aliphatic carboxylic acids is 1. The molecule has 0 saturated carbocycles. The molecular formula is C16H16ClNO3S. The molecule has 1 aromatic carbocycles. The highest BCUT2D eigenvalue weighted by molar-refractivity contribution is 7.16. The maximum Gasteiger partial charge on any atom is 0.315 e. The third-order valence-corrected chi connectivity index (χ3v) is 4.72. The summed E-state index contributed by atoms with van der Waals surface area (Å²) < 4.78 is 0.627. The zero-order valence-electron chi connectivity index (χ0n) is 12.0. The molecule has 1 amide bonds. The molecule has 2 aromatic rings. The summed E-state index contributed by atoms with van der Waals surface area (Å²) in [4.78, 5) is 24.5. The third kappa shape index (κ3) is 3.87. The number of carbonyl (C=O) groups excluding carboxylic acids is 1. The molecule has 0 bridgehead atoms. The fourth-order valence-corrected chi connectivity index (χ4v) is 3.14. The van der Waals surface area contributed by atoms with Gasteiger partial charge in [-0.3, -0.25) is 9.59 Å². The molecule has 0 aliphatic carbocycles. The van der Waals surface area contributed by atoms with Gasteiger partial charge in [0.15, 0.2) is 0 Å². The van der Waals surface area contributed by atoms with Gasteiger partial charge in [0.25, 0.3) is 0 Å². The van der Waals surface area contributed by atoms with Crippen molar-refractivity contribution in [3.8, 4) is 0 Å². The van der Waals surface area contributed by atoms with Gasteiger partial charge in [0, 0.05) is 11.4 Å². The lowest BCUT2D eigenvalue weighted by molar-refractivity contribution is -0.143. The van der Waals surface area contributed by atoms with Gasteiger partial charge >= 0.3 is 5.97 Å². The Morgan fingerprint density at radius 3 is 2.45 bits per heavy atom. The van der Waals surface area contributed by atoms with Gasteiger partial charge in [-0.2, -0.15) is 0 Å². The fraction of sp³-hybridized carbons (Fsp3) is 0.250. The lowest BCUT2D eigenvalue weighted by Crippen LogP contribution is -2.44. The SMILES string of the molecule is CC(CNC(=O)Cc1ccc(Cl)s1)(C(=O)O)c1ccccc1. The van der Waals surface area contributed by atoms with Crippen molar-refractivity contribution < 1.29 is 14.7 Å². The predicted molar refractivity (Wildman–Crippen MR) is 87.5 cm³/mol. The zero-order chi connectivity index (χ0) is 16.2. The van der Waals surface area contributed by atoms with Crippen LogP contribution in [0, 0.1) is 0 Å². The molecule has 1 atom stereocenters. The van der Waals surface area contributed by atoms with Gasteiger partial charge in [-0.1, -0.05) is 41.9 Å². The Morgan fingerprint density at radius 1 is 1.23 bits per heavy atom. The smallest absolute Gasteiger partial charge is 0.315 e. The van der Waals surface area contributed by atoms with E-state index in [0.717, 1.165) is 4.88 Å². The lowest BCUT2D eigenvalue weighted by Gasteiger charge is -2.25. The Hall–Kier alpha value is -1.85. The molecule has 22 heavy (non-hydrogen) atoms. The van der Waals surface area contributed by atoms with Gasteiger partial charge in [0.2, 0.25) is 5.91 Å². The third-order valence-electron chi connectivity index (χ3n) is 3.49. The molecule has 1 aromatic heterocycles. The van der Waals surface area contributed by atoms with Crippen LogP contribution in [-0.4, -0.2) is 23.5 Å². The van der Waals surface area contributed by atoms with Crippen LogP contribution in [0.25, 0.3) is 0 Å². The number of carbonyl (C=O) groups is 2. The van der Waals surface area contributed by atoms with Gasteiger partial charge in [-0.25, -0.2) is 0 Å². The van der Waals surface area contributed by atoms with Gasteiger partial charge in [-0.05, 0) is 24.6 Å². The van der Waals surface area contributed by atoms with E-state index in [1.54, 1.807) is 43.3 Å². The molecule has 116 valence electrons. The molecule has 2 rings (SSSR count). The molecule has 6 heteroatoms. The predicted octanol–water partition coefficient (Wildman–Crippen LogP) is 3.10. The molecule has 0 aliphatic heterocycles. The summed E-state index contributed by atoms with van der Waals surface area (Å²) in [6.07, 6.45) is 0.196. The second-order valence-electron chi connectivity index (χ2n) is 5.16. The van der Waals surface area contributed by atoms with Crippen molar-refractivity contribution in [1.29, 1.82) is 0 Å². The number of hydrogen-bond donors (Lipinski definition) is 2. The number of benzene rings is 1.